The molecule has 15 heavy (non-hydrogen) atoms. The van der Waals surface area contributed by atoms with Crippen molar-refractivity contribution in [3.05, 3.63) is 23.8 Å². The summed E-state index contributed by atoms with van der Waals surface area (Å²) in [4.78, 5) is 18.8. The van der Waals surface area contributed by atoms with E-state index in [9.17, 15) is 4.79 Å². The summed E-state index contributed by atoms with van der Waals surface area (Å²) in [5, 5.41) is 0. The van der Waals surface area contributed by atoms with Gasteiger partial charge in [-0.25, -0.2) is 4.98 Å². The number of nitrogens with zero attached hydrogens (tertiary/aromatic N) is 1. The molecule has 0 unspecified atom stereocenters. The summed E-state index contributed by atoms with van der Waals surface area (Å²) in [6.07, 6.45) is 2.06. The minimum atomic E-state index is 0.241. The van der Waals surface area contributed by atoms with Gasteiger partial charge in [0.2, 0.25) is 0 Å². The van der Waals surface area contributed by atoms with Crippen molar-refractivity contribution in [3.63, 3.8) is 0 Å². The minimum absolute atomic E-state index is 0.241. The second-order valence-electron chi connectivity index (χ2n) is 3.99. The summed E-state index contributed by atoms with van der Waals surface area (Å²) in [6.45, 7) is 0. The Labute approximate surface area is 86.5 Å². The molecule has 0 bridgehead atoms. The van der Waals surface area contributed by atoms with Gasteiger partial charge in [-0.15, -0.1) is 0 Å². The highest BCUT2D eigenvalue weighted by Gasteiger charge is 2.30. The number of ketones is 1. The third-order valence-electron chi connectivity index (χ3n) is 2.73. The number of carbonyl (C=O) groups excluding carboxylic acids is 1. The minimum Gasteiger partial charge on any atom is -0.369 e. The van der Waals surface area contributed by atoms with Gasteiger partial charge in [-0.05, 0) is 31.0 Å². The van der Waals surface area contributed by atoms with Crippen LogP contribution in [-0.4, -0.2) is 15.8 Å². The number of fused-ring (bicyclic) bond motifs is 1. The number of rotatable bonds is 2. The highest BCUT2D eigenvalue weighted by atomic mass is 16.1. The molecule has 1 heterocycles. The van der Waals surface area contributed by atoms with E-state index in [2.05, 4.69) is 9.97 Å². The van der Waals surface area contributed by atoms with E-state index in [1.165, 1.54) is 0 Å². The third-order valence-corrected chi connectivity index (χ3v) is 2.73. The maximum absolute atomic E-state index is 11.8. The molecule has 1 saturated carbocycles. The molecule has 3 rings (SSSR count). The molecule has 0 amide bonds. The van der Waals surface area contributed by atoms with Gasteiger partial charge in [0.15, 0.2) is 11.7 Å². The molecule has 0 spiro atoms. The largest absolute Gasteiger partial charge is 0.369 e. The summed E-state index contributed by atoms with van der Waals surface area (Å²) < 4.78 is 0. The molecule has 0 atom stereocenters. The van der Waals surface area contributed by atoms with Gasteiger partial charge in [-0.3, -0.25) is 4.79 Å². The van der Waals surface area contributed by atoms with Gasteiger partial charge in [0.1, 0.15) is 0 Å². The van der Waals surface area contributed by atoms with Crippen LogP contribution < -0.4 is 5.73 Å². The predicted molar refractivity (Wildman–Crippen MR) is 57.6 cm³/mol. The molecular weight excluding hydrogens is 190 g/mol. The van der Waals surface area contributed by atoms with Crippen molar-refractivity contribution in [2.75, 3.05) is 5.73 Å². The van der Waals surface area contributed by atoms with Crippen LogP contribution in [-0.2, 0) is 0 Å². The van der Waals surface area contributed by atoms with Crippen molar-refractivity contribution in [1.29, 1.82) is 0 Å². The fourth-order valence-electron chi connectivity index (χ4n) is 1.76. The zero-order valence-corrected chi connectivity index (χ0v) is 8.16. The van der Waals surface area contributed by atoms with Crippen LogP contribution in [0.2, 0.25) is 0 Å². The highest BCUT2D eigenvalue weighted by molar-refractivity contribution is 6.01. The molecule has 4 nitrogen and oxygen atoms in total. The Morgan fingerprint density at radius 3 is 3.00 bits per heavy atom. The maximum Gasteiger partial charge on any atom is 0.198 e. The first-order valence-electron chi connectivity index (χ1n) is 5.03. The number of nitrogen functional groups attached to an aromatic ring is 1. The topological polar surface area (TPSA) is 71.8 Å². The average molecular weight is 201 g/mol. The predicted octanol–water partition coefficient (Wildman–Crippen LogP) is 1.74. The van der Waals surface area contributed by atoms with Gasteiger partial charge in [-0.1, -0.05) is 0 Å². The summed E-state index contributed by atoms with van der Waals surface area (Å²) in [7, 11) is 0. The molecule has 76 valence electrons. The molecular formula is C11H11N3O. The zero-order chi connectivity index (χ0) is 10.4. The Morgan fingerprint density at radius 1 is 1.47 bits per heavy atom. The number of benzene rings is 1. The standard InChI is InChI=1S/C11H11N3O/c12-11-13-8-4-3-7(5-9(8)14-11)10(15)6-1-2-6/h3-6H,1-2H2,(H3,12,13,14). The van der Waals surface area contributed by atoms with Crippen molar-refractivity contribution in [1.82, 2.24) is 9.97 Å². The normalized spacial score (nSPS) is 15.7. The second-order valence-corrected chi connectivity index (χ2v) is 3.99. The summed E-state index contributed by atoms with van der Waals surface area (Å²) >= 11 is 0. The molecule has 0 saturated heterocycles. The Morgan fingerprint density at radius 2 is 2.27 bits per heavy atom. The number of carbonyl (C=O) groups is 1. The van der Waals surface area contributed by atoms with E-state index in [1.807, 2.05) is 18.2 Å². The van der Waals surface area contributed by atoms with E-state index in [0.717, 1.165) is 29.4 Å². The number of hydrogen-bond donors (Lipinski definition) is 2. The summed E-state index contributed by atoms with van der Waals surface area (Å²) in [5.74, 6) is 0.883. The number of imidazole rings is 1. The first-order valence-corrected chi connectivity index (χ1v) is 5.03. The average Bonchev–Trinajstić information content (AvgIpc) is 2.98. The lowest BCUT2D eigenvalue weighted by atomic mass is 10.1. The lowest BCUT2D eigenvalue weighted by Crippen LogP contribution is -2.00. The number of Topliss-reactive ketones (excluding diaryl/α,β-unsaturated/α-hetero) is 1. The van der Waals surface area contributed by atoms with Crippen LogP contribution in [0.5, 0.6) is 0 Å². The van der Waals surface area contributed by atoms with Crippen molar-refractivity contribution in [2.45, 2.75) is 12.8 Å². The number of nitrogens with one attached hydrogen (secondary N) is 1. The molecule has 3 N–H and O–H groups in total. The first-order chi connectivity index (χ1) is 7.24. The van der Waals surface area contributed by atoms with E-state index in [1.54, 1.807) is 0 Å². The zero-order valence-electron chi connectivity index (χ0n) is 8.16. The van der Waals surface area contributed by atoms with Crippen LogP contribution in [0.4, 0.5) is 5.95 Å². The molecule has 4 heteroatoms. The number of anilines is 1. The van der Waals surface area contributed by atoms with Crippen molar-refractivity contribution in [3.8, 4) is 0 Å². The number of hydrogen-bond acceptors (Lipinski definition) is 3. The van der Waals surface area contributed by atoms with Gasteiger partial charge >= 0.3 is 0 Å². The Bertz CT molecular complexity index is 540. The number of nitrogens with two attached hydrogens (primary N) is 1. The van der Waals surface area contributed by atoms with Gasteiger partial charge in [0.05, 0.1) is 11.0 Å². The Hall–Kier alpha value is -1.84. The second kappa shape index (κ2) is 2.82. The maximum atomic E-state index is 11.8. The molecule has 0 aliphatic heterocycles. The van der Waals surface area contributed by atoms with E-state index in [0.29, 0.717) is 5.95 Å². The van der Waals surface area contributed by atoms with Gasteiger partial charge in [0, 0.05) is 11.5 Å². The van der Waals surface area contributed by atoms with Gasteiger partial charge < -0.3 is 10.7 Å². The van der Waals surface area contributed by atoms with Crippen LogP contribution >= 0.6 is 0 Å². The SMILES string of the molecule is Nc1nc2ccc(C(=O)C3CC3)cc2[nH]1. The van der Waals surface area contributed by atoms with E-state index < -0.39 is 0 Å². The van der Waals surface area contributed by atoms with Crippen molar-refractivity contribution >= 4 is 22.8 Å². The van der Waals surface area contributed by atoms with Crippen LogP contribution in [0.1, 0.15) is 23.2 Å². The number of aromatic amines is 1. The smallest absolute Gasteiger partial charge is 0.198 e. The fourth-order valence-corrected chi connectivity index (χ4v) is 1.76. The van der Waals surface area contributed by atoms with E-state index in [4.69, 9.17) is 5.73 Å². The Kier molecular flexibility index (Phi) is 1.59. The summed E-state index contributed by atoms with van der Waals surface area (Å²) in [5.41, 5.74) is 7.93. The molecule has 1 aromatic heterocycles. The van der Waals surface area contributed by atoms with Crippen LogP contribution in [0.15, 0.2) is 18.2 Å². The molecule has 0 radical (unpaired) electrons. The lowest BCUT2D eigenvalue weighted by Gasteiger charge is -1.97. The molecule has 2 aromatic rings. The van der Waals surface area contributed by atoms with E-state index in [-0.39, 0.29) is 11.7 Å². The van der Waals surface area contributed by atoms with Crippen molar-refractivity contribution in [2.24, 2.45) is 5.92 Å². The molecule has 1 fully saturated rings. The Balaban J connectivity index is 2.08. The van der Waals surface area contributed by atoms with Crippen LogP contribution in [0, 0.1) is 5.92 Å². The lowest BCUT2D eigenvalue weighted by molar-refractivity contribution is 0.0968. The molecule has 1 aliphatic carbocycles. The summed E-state index contributed by atoms with van der Waals surface area (Å²) in [6, 6.07) is 5.49. The molecule has 1 aliphatic rings. The quantitative estimate of drug-likeness (QED) is 0.727. The number of H-pyrrole nitrogens is 1. The monoisotopic (exact) mass is 201 g/mol. The highest BCUT2D eigenvalue weighted by Crippen LogP contribution is 2.33. The van der Waals surface area contributed by atoms with Gasteiger partial charge in [-0.2, -0.15) is 0 Å². The van der Waals surface area contributed by atoms with E-state index >= 15 is 0 Å². The third kappa shape index (κ3) is 1.38. The molecule has 1 aromatic carbocycles. The fraction of sp³-hybridized carbons (Fsp3) is 0.273. The van der Waals surface area contributed by atoms with Gasteiger partial charge in [0.25, 0.3) is 0 Å². The number of aromatic nitrogens is 2. The van der Waals surface area contributed by atoms with Crippen LogP contribution in [0.3, 0.4) is 0 Å². The van der Waals surface area contributed by atoms with Crippen molar-refractivity contribution < 1.29 is 4.79 Å². The first kappa shape index (κ1) is 8.47. The van der Waals surface area contributed by atoms with Crippen LogP contribution in [0.25, 0.3) is 11.0 Å².